The zero-order chi connectivity index (χ0) is 19.8. The lowest BCUT2D eigenvalue weighted by Crippen LogP contribution is -2.42. The van der Waals surface area contributed by atoms with Gasteiger partial charge in [0.05, 0.1) is 0 Å². The first-order chi connectivity index (χ1) is 14.2. The molecule has 0 aliphatic carbocycles. The third-order valence-corrected chi connectivity index (χ3v) is 6.69. The topological polar surface area (TPSA) is 39.3 Å². The maximum Gasteiger partial charge on any atom is 0.253 e. The van der Waals surface area contributed by atoms with Crippen LogP contribution < -0.4 is 0 Å². The van der Waals surface area contributed by atoms with Crippen molar-refractivity contribution in [3.63, 3.8) is 0 Å². The number of rotatable bonds is 3. The van der Waals surface area contributed by atoms with E-state index in [1.54, 1.807) is 6.07 Å². The van der Waals surface area contributed by atoms with Crippen molar-refractivity contribution in [2.75, 3.05) is 26.2 Å². The molecule has 5 rings (SSSR count). The highest BCUT2D eigenvalue weighted by Crippen LogP contribution is 2.29. The summed E-state index contributed by atoms with van der Waals surface area (Å²) in [6, 6.07) is 15.9. The van der Waals surface area contributed by atoms with E-state index in [1.807, 2.05) is 23.1 Å². The average Bonchev–Trinajstić information content (AvgIpc) is 3.11. The van der Waals surface area contributed by atoms with Crippen molar-refractivity contribution in [1.29, 1.82) is 0 Å². The fraction of sp³-hybridized carbons (Fsp3) is 0.375. The van der Waals surface area contributed by atoms with E-state index in [9.17, 15) is 4.79 Å². The molecule has 1 fully saturated rings. The van der Waals surface area contributed by atoms with Crippen LogP contribution in [-0.4, -0.2) is 46.9 Å². The van der Waals surface area contributed by atoms with E-state index in [2.05, 4.69) is 34.1 Å². The van der Waals surface area contributed by atoms with Crippen LogP contribution in [0.2, 0.25) is 5.02 Å². The molecule has 2 aliphatic heterocycles. The van der Waals surface area contributed by atoms with Crippen molar-refractivity contribution in [3.05, 3.63) is 70.4 Å². The zero-order valence-electron chi connectivity index (χ0n) is 16.5. The molecule has 0 radical (unpaired) electrons. The standard InChI is InChI=1S/C24H26ClN3O/c25-19-5-3-4-18(14-19)24(29)28-12-8-17(9-13-28)15-27-11-10-21-20-6-1-2-7-22(20)26-23(21)16-27/h1-7,14,17,26H,8-13,15-16H2. The Bertz CT molecular complexity index is 1040. The first-order valence-corrected chi connectivity index (χ1v) is 10.9. The van der Waals surface area contributed by atoms with Gasteiger partial charge in [-0.05, 0) is 55.0 Å². The van der Waals surface area contributed by atoms with E-state index < -0.39 is 0 Å². The van der Waals surface area contributed by atoms with Crippen molar-refractivity contribution >= 4 is 28.4 Å². The Morgan fingerprint density at radius 1 is 1.07 bits per heavy atom. The summed E-state index contributed by atoms with van der Waals surface area (Å²) in [6.45, 7) is 4.92. The highest BCUT2D eigenvalue weighted by Gasteiger charge is 2.27. The summed E-state index contributed by atoms with van der Waals surface area (Å²) in [5.74, 6) is 0.760. The van der Waals surface area contributed by atoms with Gasteiger partial charge in [0.15, 0.2) is 0 Å². The molecule has 1 saturated heterocycles. The lowest BCUT2D eigenvalue weighted by Gasteiger charge is -2.36. The number of piperidine rings is 1. The van der Waals surface area contributed by atoms with Crippen molar-refractivity contribution in [1.82, 2.24) is 14.8 Å². The van der Waals surface area contributed by atoms with Gasteiger partial charge in [-0.25, -0.2) is 0 Å². The van der Waals surface area contributed by atoms with E-state index >= 15 is 0 Å². The maximum absolute atomic E-state index is 12.7. The second kappa shape index (κ2) is 7.85. The number of fused-ring (bicyclic) bond motifs is 3. The lowest BCUT2D eigenvalue weighted by atomic mass is 9.94. The van der Waals surface area contributed by atoms with Gasteiger partial charge in [-0.3, -0.25) is 9.69 Å². The Morgan fingerprint density at radius 2 is 1.90 bits per heavy atom. The number of carbonyl (C=O) groups is 1. The van der Waals surface area contributed by atoms with E-state index in [1.165, 1.54) is 22.2 Å². The monoisotopic (exact) mass is 407 g/mol. The summed E-state index contributed by atoms with van der Waals surface area (Å²) in [4.78, 5) is 20.9. The first kappa shape index (κ1) is 18.7. The molecule has 2 aromatic carbocycles. The molecule has 5 heteroatoms. The minimum atomic E-state index is 0.103. The van der Waals surface area contributed by atoms with Crippen LogP contribution in [-0.2, 0) is 13.0 Å². The number of nitrogens with one attached hydrogen (secondary N) is 1. The molecule has 3 heterocycles. The number of benzene rings is 2. The van der Waals surface area contributed by atoms with Crippen LogP contribution in [0.3, 0.4) is 0 Å². The van der Waals surface area contributed by atoms with Crippen LogP contribution in [0.1, 0.15) is 34.5 Å². The van der Waals surface area contributed by atoms with Gasteiger partial charge in [-0.2, -0.15) is 0 Å². The molecule has 150 valence electrons. The summed E-state index contributed by atoms with van der Waals surface area (Å²) < 4.78 is 0. The van der Waals surface area contributed by atoms with Crippen molar-refractivity contribution < 1.29 is 4.79 Å². The molecule has 3 aromatic rings. The van der Waals surface area contributed by atoms with Gasteiger partial charge in [-0.1, -0.05) is 35.9 Å². The lowest BCUT2D eigenvalue weighted by molar-refractivity contribution is 0.0662. The normalized spacial score (nSPS) is 18.2. The molecule has 1 amide bonds. The summed E-state index contributed by atoms with van der Waals surface area (Å²) >= 11 is 6.04. The molecule has 1 N–H and O–H groups in total. The Balaban J connectivity index is 1.18. The van der Waals surface area contributed by atoms with Crippen LogP contribution in [0.25, 0.3) is 10.9 Å². The van der Waals surface area contributed by atoms with E-state index in [4.69, 9.17) is 11.6 Å². The second-order valence-electron chi connectivity index (χ2n) is 8.36. The molecular weight excluding hydrogens is 382 g/mol. The molecule has 0 spiro atoms. The average molecular weight is 408 g/mol. The fourth-order valence-electron chi connectivity index (χ4n) is 4.89. The predicted octanol–water partition coefficient (Wildman–Crippen LogP) is 4.73. The Labute approximate surface area is 176 Å². The summed E-state index contributed by atoms with van der Waals surface area (Å²) in [7, 11) is 0. The molecule has 0 bridgehead atoms. The number of halogens is 1. The number of para-hydroxylation sites is 1. The third-order valence-electron chi connectivity index (χ3n) is 6.45. The SMILES string of the molecule is O=C(c1cccc(Cl)c1)N1CCC(CN2CCc3c([nH]c4ccccc34)C2)CC1. The molecule has 2 aliphatic rings. The number of H-pyrrole nitrogens is 1. The van der Waals surface area contributed by atoms with Gasteiger partial charge in [0, 0.05) is 59.9 Å². The van der Waals surface area contributed by atoms with E-state index in [0.29, 0.717) is 16.5 Å². The minimum Gasteiger partial charge on any atom is -0.357 e. The van der Waals surface area contributed by atoms with Gasteiger partial charge in [0.1, 0.15) is 0 Å². The maximum atomic E-state index is 12.7. The third kappa shape index (κ3) is 3.79. The van der Waals surface area contributed by atoms with Crippen LogP contribution in [0.4, 0.5) is 0 Å². The molecule has 29 heavy (non-hydrogen) atoms. The largest absolute Gasteiger partial charge is 0.357 e. The minimum absolute atomic E-state index is 0.103. The van der Waals surface area contributed by atoms with Crippen LogP contribution >= 0.6 is 11.6 Å². The predicted molar refractivity (Wildman–Crippen MR) is 117 cm³/mol. The van der Waals surface area contributed by atoms with Gasteiger partial charge < -0.3 is 9.88 Å². The molecule has 0 atom stereocenters. The number of hydrogen-bond acceptors (Lipinski definition) is 2. The molecule has 0 unspecified atom stereocenters. The van der Waals surface area contributed by atoms with Crippen LogP contribution in [0.5, 0.6) is 0 Å². The Morgan fingerprint density at radius 3 is 2.72 bits per heavy atom. The summed E-state index contributed by atoms with van der Waals surface area (Å²) in [6.07, 6.45) is 3.26. The first-order valence-electron chi connectivity index (χ1n) is 10.5. The van der Waals surface area contributed by atoms with Gasteiger partial charge in [0.2, 0.25) is 0 Å². The summed E-state index contributed by atoms with van der Waals surface area (Å²) in [5.41, 5.74) is 4.83. The number of hydrogen-bond donors (Lipinski definition) is 1. The molecule has 1 aromatic heterocycles. The van der Waals surface area contributed by atoms with Crippen molar-refractivity contribution in [2.24, 2.45) is 5.92 Å². The van der Waals surface area contributed by atoms with Gasteiger partial charge >= 0.3 is 0 Å². The van der Waals surface area contributed by atoms with Crippen LogP contribution in [0.15, 0.2) is 48.5 Å². The summed E-state index contributed by atoms with van der Waals surface area (Å²) in [5, 5.41) is 2.00. The molecule has 4 nitrogen and oxygen atoms in total. The van der Waals surface area contributed by atoms with Crippen molar-refractivity contribution in [2.45, 2.75) is 25.8 Å². The highest BCUT2D eigenvalue weighted by atomic mass is 35.5. The zero-order valence-corrected chi connectivity index (χ0v) is 17.3. The highest BCUT2D eigenvalue weighted by molar-refractivity contribution is 6.30. The van der Waals surface area contributed by atoms with Gasteiger partial charge in [-0.15, -0.1) is 0 Å². The second-order valence-corrected chi connectivity index (χ2v) is 8.80. The number of aromatic amines is 1. The molecular formula is C24H26ClN3O. The number of likely N-dealkylation sites (tertiary alicyclic amines) is 1. The quantitative estimate of drug-likeness (QED) is 0.681. The molecule has 0 saturated carbocycles. The van der Waals surface area contributed by atoms with Crippen LogP contribution in [0, 0.1) is 5.92 Å². The van der Waals surface area contributed by atoms with Gasteiger partial charge in [0.25, 0.3) is 5.91 Å². The number of aromatic nitrogens is 1. The Kier molecular flexibility index (Phi) is 5.06. The fourth-order valence-corrected chi connectivity index (χ4v) is 5.08. The van der Waals surface area contributed by atoms with E-state index in [-0.39, 0.29) is 5.91 Å². The van der Waals surface area contributed by atoms with E-state index in [0.717, 1.165) is 52.0 Å². The Hall–Kier alpha value is -2.30. The number of carbonyl (C=O) groups excluding carboxylic acids is 1. The number of nitrogens with zero attached hydrogens (tertiary/aromatic N) is 2. The van der Waals surface area contributed by atoms with Crippen molar-refractivity contribution in [3.8, 4) is 0 Å². The smallest absolute Gasteiger partial charge is 0.253 e. The number of amides is 1.